The summed E-state index contributed by atoms with van der Waals surface area (Å²) in [5, 5.41) is 3.40. The number of hydrogen-bond donors (Lipinski definition) is 2. The Morgan fingerprint density at radius 1 is 1.19 bits per heavy atom. The van der Waals surface area contributed by atoms with Gasteiger partial charge in [-0.15, -0.1) is 0 Å². The molecule has 142 valence electrons. The molecule has 2 N–H and O–H groups in total. The fourth-order valence-electron chi connectivity index (χ4n) is 2.19. The molecule has 1 heterocycles. The summed E-state index contributed by atoms with van der Waals surface area (Å²) in [6, 6.07) is 6.23. The molecule has 0 amide bonds. The van der Waals surface area contributed by atoms with Gasteiger partial charge >= 0.3 is 0 Å². The second-order valence-electron chi connectivity index (χ2n) is 5.67. The second kappa shape index (κ2) is 8.52. The molecule has 0 atom stereocenters. The van der Waals surface area contributed by atoms with Gasteiger partial charge in [-0.05, 0) is 25.1 Å². The molecule has 0 aliphatic rings. The Bertz CT molecular complexity index is 874. The number of halogens is 1. The Kier molecular flexibility index (Phi) is 6.63. The lowest BCUT2D eigenvalue weighted by Gasteiger charge is -2.14. The highest BCUT2D eigenvalue weighted by molar-refractivity contribution is 7.89. The zero-order valence-corrected chi connectivity index (χ0v) is 16.6. The minimum Gasteiger partial charge on any atom is -0.495 e. The van der Waals surface area contributed by atoms with Crippen LogP contribution < -0.4 is 19.7 Å². The predicted molar refractivity (Wildman–Crippen MR) is 103 cm³/mol. The number of ether oxygens (including phenoxy) is 1. The van der Waals surface area contributed by atoms with Crippen LogP contribution in [0.4, 0.5) is 11.6 Å². The average molecular weight is 400 g/mol. The predicted octanol–water partition coefficient (Wildman–Crippen LogP) is 1.90. The number of aromatic nitrogens is 2. The quantitative estimate of drug-likeness (QED) is 0.654. The molecule has 2 aromatic rings. The highest BCUT2D eigenvalue weighted by Gasteiger charge is 2.19. The Labute approximate surface area is 158 Å². The molecule has 0 aliphatic heterocycles. The molecule has 2 rings (SSSR count). The van der Waals surface area contributed by atoms with E-state index in [2.05, 4.69) is 20.0 Å². The van der Waals surface area contributed by atoms with Gasteiger partial charge in [0.1, 0.15) is 28.1 Å². The molecular weight excluding hydrogens is 378 g/mol. The Hall–Kier alpha value is -2.10. The van der Waals surface area contributed by atoms with E-state index in [1.165, 1.54) is 19.2 Å². The van der Waals surface area contributed by atoms with Crippen molar-refractivity contribution in [3.63, 3.8) is 0 Å². The number of rotatable bonds is 8. The van der Waals surface area contributed by atoms with Gasteiger partial charge in [-0.1, -0.05) is 11.6 Å². The number of sulfonamides is 1. The van der Waals surface area contributed by atoms with Gasteiger partial charge in [0.25, 0.3) is 0 Å². The molecule has 10 heteroatoms. The van der Waals surface area contributed by atoms with E-state index in [1.807, 2.05) is 19.0 Å². The minimum absolute atomic E-state index is 0.000254. The van der Waals surface area contributed by atoms with E-state index >= 15 is 0 Å². The Morgan fingerprint density at radius 3 is 2.58 bits per heavy atom. The summed E-state index contributed by atoms with van der Waals surface area (Å²) >= 11 is 5.90. The number of nitrogens with one attached hydrogen (secondary N) is 2. The van der Waals surface area contributed by atoms with Crippen LogP contribution in [0, 0.1) is 6.92 Å². The van der Waals surface area contributed by atoms with Crippen molar-refractivity contribution in [1.29, 1.82) is 0 Å². The smallest absolute Gasteiger partial charge is 0.244 e. The van der Waals surface area contributed by atoms with Crippen molar-refractivity contribution in [1.82, 2.24) is 14.7 Å². The van der Waals surface area contributed by atoms with Crippen LogP contribution in [0.5, 0.6) is 5.75 Å². The average Bonchev–Trinajstić information content (AvgIpc) is 2.58. The summed E-state index contributed by atoms with van der Waals surface area (Å²) < 4.78 is 32.5. The molecule has 1 aromatic heterocycles. The van der Waals surface area contributed by atoms with Gasteiger partial charge in [-0.2, -0.15) is 0 Å². The van der Waals surface area contributed by atoms with Gasteiger partial charge in [0.2, 0.25) is 10.0 Å². The molecule has 0 bridgehead atoms. The summed E-state index contributed by atoms with van der Waals surface area (Å²) in [5.41, 5.74) is 0. The van der Waals surface area contributed by atoms with Crippen molar-refractivity contribution in [2.45, 2.75) is 11.8 Å². The van der Waals surface area contributed by atoms with Gasteiger partial charge in [0.15, 0.2) is 0 Å². The summed E-state index contributed by atoms with van der Waals surface area (Å²) in [6.45, 7) is 2.32. The number of nitrogens with zero attached hydrogens (tertiary/aromatic N) is 3. The van der Waals surface area contributed by atoms with Crippen LogP contribution in [-0.2, 0) is 10.0 Å². The molecule has 8 nitrogen and oxygen atoms in total. The summed E-state index contributed by atoms with van der Waals surface area (Å²) in [5.74, 6) is 2.25. The van der Waals surface area contributed by atoms with Crippen LogP contribution in [0.15, 0.2) is 29.2 Å². The van der Waals surface area contributed by atoms with Crippen LogP contribution in [0.2, 0.25) is 5.02 Å². The fraction of sp³-hybridized carbons (Fsp3) is 0.375. The first-order valence-corrected chi connectivity index (χ1v) is 9.69. The Morgan fingerprint density at radius 2 is 1.92 bits per heavy atom. The molecular formula is C16H22ClN5O3S. The van der Waals surface area contributed by atoms with E-state index in [0.717, 1.165) is 5.82 Å². The first-order valence-electron chi connectivity index (χ1n) is 7.83. The normalized spacial score (nSPS) is 11.3. The summed E-state index contributed by atoms with van der Waals surface area (Å²) in [4.78, 5) is 10.5. The molecule has 0 saturated carbocycles. The van der Waals surface area contributed by atoms with E-state index in [-0.39, 0.29) is 17.2 Å². The maximum absolute atomic E-state index is 12.5. The molecule has 0 radical (unpaired) electrons. The van der Waals surface area contributed by atoms with E-state index in [9.17, 15) is 8.42 Å². The van der Waals surface area contributed by atoms with Crippen LogP contribution in [0.3, 0.4) is 0 Å². The van der Waals surface area contributed by atoms with Crippen LogP contribution >= 0.6 is 11.6 Å². The number of methoxy groups -OCH3 is 1. The topological polar surface area (TPSA) is 96.5 Å². The lowest BCUT2D eigenvalue weighted by molar-refractivity contribution is 0.402. The molecule has 0 fully saturated rings. The third kappa shape index (κ3) is 5.20. The zero-order chi connectivity index (χ0) is 19.3. The third-order valence-corrected chi connectivity index (χ3v) is 5.14. The van der Waals surface area contributed by atoms with Gasteiger partial charge in [-0.25, -0.2) is 23.1 Å². The lowest BCUT2D eigenvalue weighted by Crippen LogP contribution is -2.29. The molecule has 0 saturated heterocycles. The van der Waals surface area contributed by atoms with Crippen LogP contribution in [0.25, 0.3) is 0 Å². The molecule has 0 unspecified atom stereocenters. The van der Waals surface area contributed by atoms with Crippen LogP contribution in [-0.4, -0.2) is 52.7 Å². The van der Waals surface area contributed by atoms with E-state index < -0.39 is 10.0 Å². The standard InChI is InChI=1S/C16H22ClN5O3S/c1-11-20-15(10-16(21-11)22(2)3)18-7-8-19-26(23,24)14-9-12(17)5-6-13(14)25-4/h5-6,9-10,19H,7-8H2,1-4H3,(H,18,20,21). The zero-order valence-electron chi connectivity index (χ0n) is 15.1. The lowest BCUT2D eigenvalue weighted by atomic mass is 10.3. The molecule has 0 spiro atoms. The summed E-state index contributed by atoms with van der Waals surface area (Å²) in [6.07, 6.45) is 0. The van der Waals surface area contributed by atoms with Gasteiger partial charge in [0.05, 0.1) is 7.11 Å². The van der Waals surface area contributed by atoms with Crippen molar-refractivity contribution in [2.75, 3.05) is 44.5 Å². The van der Waals surface area contributed by atoms with Gasteiger partial charge < -0.3 is 15.0 Å². The van der Waals surface area contributed by atoms with Crippen molar-refractivity contribution in [2.24, 2.45) is 0 Å². The first-order chi connectivity index (χ1) is 12.2. The van der Waals surface area contributed by atoms with Gasteiger partial charge in [0, 0.05) is 38.3 Å². The van der Waals surface area contributed by atoms with E-state index in [4.69, 9.17) is 16.3 Å². The van der Waals surface area contributed by atoms with Crippen molar-refractivity contribution < 1.29 is 13.2 Å². The Balaban J connectivity index is 2.01. The largest absolute Gasteiger partial charge is 0.495 e. The maximum atomic E-state index is 12.5. The number of hydrogen-bond acceptors (Lipinski definition) is 7. The monoisotopic (exact) mass is 399 g/mol. The molecule has 26 heavy (non-hydrogen) atoms. The first kappa shape index (κ1) is 20.2. The third-order valence-electron chi connectivity index (χ3n) is 3.42. The van der Waals surface area contributed by atoms with Crippen LogP contribution in [0.1, 0.15) is 5.82 Å². The highest BCUT2D eigenvalue weighted by atomic mass is 35.5. The second-order valence-corrected chi connectivity index (χ2v) is 7.84. The van der Waals surface area contributed by atoms with E-state index in [1.54, 1.807) is 19.1 Å². The van der Waals surface area contributed by atoms with Crippen molar-refractivity contribution in [3.8, 4) is 5.75 Å². The van der Waals surface area contributed by atoms with E-state index in [0.29, 0.717) is 23.2 Å². The van der Waals surface area contributed by atoms with Gasteiger partial charge in [-0.3, -0.25) is 0 Å². The minimum atomic E-state index is -3.75. The highest BCUT2D eigenvalue weighted by Crippen LogP contribution is 2.26. The number of aryl methyl sites for hydroxylation is 1. The number of benzene rings is 1. The SMILES string of the molecule is COc1ccc(Cl)cc1S(=O)(=O)NCCNc1cc(N(C)C)nc(C)n1. The maximum Gasteiger partial charge on any atom is 0.244 e. The fourth-order valence-corrected chi connectivity index (χ4v) is 3.65. The molecule has 1 aromatic carbocycles. The van der Waals surface area contributed by atoms with Crippen molar-refractivity contribution in [3.05, 3.63) is 35.1 Å². The van der Waals surface area contributed by atoms with Crippen molar-refractivity contribution >= 4 is 33.3 Å². The molecule has 0 aliphatic carbocycles. The summed E-state index contributed by atoms with van der Waals surface area (Å²) in [7, 11) is 1.43. The number of anilines is 2.